The summed E-state index contributed by atoms with van der Waals surface area (Å²) in [6, 6.07) is 1.92. The van der Waals surface area contributed by atoms with E-state index in [9.17, 15) is 8.78 Å². The van der Waals surface area contributed by atoms with Gasteiger partial charge in [-0.05, 0) is 49.9 Å². The number of alkyl halides is 2. The molecule has 1 aromatic heterocycles. The summed E-state index contributed by atoms with van der Waals surface area (Å²) >= 11 is 6.37. The van der Waals surface area contributed by atoms with Crippen LogP contribution < -0.4 is 10.6 Å². The van der Waals surface area contributed by atoms with Crippen LogP contribution in [-0.2, 0) is 6.42 Å². The molecule has 2 unspecified atom stereocenters. The third-order valence-corrected chi connectivity index (χ3v) is 5.50. The number of aliphatic hydroxyl groups excluding tert-OH is 1. The first-order valence-electron chi connectivity index (χ1n) is 9.48. The minimum absolute atomic E-state index is 0.0957. The van der Waals surface area contributed by atoms with Gasteiger partial charge in [-0.2, -0.15) is 5.10 Å². The van der Waals surface area contributed by atoms with Crippen LogP contribution in [0.2, 0.25) is 5.02 Å². The van der Waals surface area contributed by atoms with E-state index in [2.05, 4.69) is 32.6 Å². The first-order valence-corrected chi connectivity index (χ1v) is 9.86. The van der Waals surface area contributed by atoms with Crippen molar-refractivity contribution >= 4 is 23.7 Å². The van der Waals surface area contributed by atoms with Gasteiger partial charge in [-0.15, -0.1) is 0 Å². The summed E-state index contributed by atoms with van der Waals surface area (Å²) in [5.74, 6) is -0.0445. The molecular weight excluding hydrogens is 402 g/mol. The van der Waals surface area contributed by atoms with E-state index in [1.807, 2.05) is 13.0 Å². The van der Waals surface area contributed by atoms with Crippen LogP contribution >= 0.6 is 11.6 Å². The Morgan fingerprint density at radius 2 is 2.21 bits per heavy atom. The van der Waals surface area contributed by atoms with E-state index in [0.717, 1.165) is 17.7 Å². The van der Waals surface area contributed by atoms with Crippen molar-refractivity contribution in [1.29, 1.82) is 0 Å². The Morgan fingerprint density at radius 3 is 2.93 bits per heavy atom. The molecule has 0 aromatic carbocycles. The van der Waals surface area contributed by atoms with E-state index in [-0.39, 0.29) is 24.3 Å². The molecule has 0 amide bonds. The predicted octanol–water partition coefficient (Wildman–Crippen LogP) is 2.50. The van der Waals surface area contributed by atoms with E-state index in [1.54, 1.807) is 11.2 Å². The number of aryl methyl sites for hydroxylation is 1. The Morgan fingerprint density at radius 1 is 1.41 bits per heavy atom. The molecule has 3 N–H and O–H groups in total. The van der Waals surface area contributed by atoms with Gasteiger partial charge in [0.1, 0.15) is 12.1 Å². The second kappa shape index (κ2) is 9.60. The molecule has 3 atom stereocenters. The second-order valence-corrected chi connectivity index (χ2v) is 7.61. The average molecular weight is 427 g/mol. The highest BCUT2D eigenvalue weighted by atomic mass is 35.5. The summed E-state index contributed by atoms with van der Waals surface area (Å²) in [6.45, 7) is 4.43. The molecule has 0 spiro atoms. The Bertz CT molecular complexity index is 816. The van der Waals surface area contributed by atoms with Gasteiger partial charge >= 0.3 is 0 Å². The Hall–Kier alpha value is -2.10. The second-order valence-electron chi connectivity index (χ2n) is 7.21. The molecule has 2 aliphatic rings. The first-order chi connectivity index (χ1) is 13.9. The number of rotatable bonds is 9. The number of hydrogen-bond donors (Lipinski definition) is 3. The summed E-state index contributed by atoms with van der Waals surface area (Å²) in [7, 11) is 0. The van der Waals surface area contributed by atoms with Gasteiger partial charge in [0.05, 0.1) is 11.8 Å². The fourth-order valence-electron chi connectivity index (χ4n) is 3.59. The topological polar surface area (TPSA) is 85.1 Å². The maximum atomic E-state index is 13.5. The van der Waals surface area contributed by atoms with Crippen LogP contribution in [0.1, 0.15) is 24.6 Å². The summed E-state index contributed by atoms with van der Waals surface area (Å²) in [5.41, 5.74) is 2.15. The van der Waals surface area contributed by atoms with Crippen LogP contribution in [-0.4, -0.2) is 53.1 Å². The number of hydrogen-bond acceptors (Lipinski definition) is 7. The molecule has 3 rings (SSSR count). The predicted molar refractivity (Wildman–Crippen MR) is 109 cm³/mol. The van der Waals surface area contributed by atoms with Crippen molar-refractivity contribution in [3.05, 3.63) is 40.3 Å². The number of aromatic nitrogens is 1. The number of hydrazone groups is 1. The van der Waals surface area contributed by atoms with Gasteiger partial charge in [-0.3, -0.25) is 10.3 Å². The minimum Gasteiger partial charge on any atom is -0.381 e. The quantitative estimate of drug-likeness (QED) is 0.417. The van der Waals surface area contributed by atoms with Crippen molar-refractivity contribution in [2.45, 2.75) is 39.4 Å². The van der Waals surface area contributed by atoms with Gasteiger partial charge in [-0.25, -0.2) is 18.8 Å². The number of fused-ring (bicyclic) bond motifs is 1. The highest BCUT2D eigenvalue weighted by Gasteiger charge is 2.36. The number of allylic oxidation sites excluding steroid dienone is 2. The van der Waals surface area contributed by atoms with Gasteiger partial charge in [0.15, 0.2) is 0 Å². The van der Waals surface area contributed by atoms with E-state index in [1.165, 1.54) is 12.4 Å². The molecule has 1 aromatic rings. The third-order valence-electron chi connectivity index (χ3n) is 5.16. The summed E-state index contributed by atoms with van der Waals surface area (Å²) in [4.78, 5) is 8.25. The van der Waals surface area contributed by atoms with Gasteiger partial charge < -0.3 is 10.4 Å². The maximum absolute atomic E-state index is 13.5. The number of nitrogens with zero attached hydrogens (tertiary/aromatic N) is 4. The monoisotopic (exact) mass is 426 g/mol. The molecule has 0 bridgehead atoms. The van der Waals surface area contributed by atoms with Crippen LogP contribution in [0.5, 0.6) is 0 Å². The largest absolute Gasteiger partial charge is 0.381 e. The highest BCUT2D eigenvalue weighted by Crippen LogP contribution is 2.35. The fourth-order valence-corrected chi connectivity index (χ4v) is 3.77. The lowest BCUT2D eigenvalue weighted by atomic mass is 9.82. The van der Waals surface area contributed by atoms with Crippen molar-refractivity contribution in [3.8, 4) is 0 Å². The molecule has 10 heteroatoms. The molecule has 3 heterocycles. The molecule has 7 nitrogen and oxygen atoms in total. The zero-order chi connectivity index (χ0) is 21.0. The minimum atomic E-state index is -2.67. The van der Waals surface area contributed by atoms with Crippen molar-refractivity contribution in [1.82, 2.24) is 20.6 Å². The van der Waals surface area contributed by atoms with Gasteiger partial charge in [0.2, 0.25) is 6.29 Å². The molecular formula is C19H25ClF2N6O. The number of halogens is 3. The lowest BCUT2D eigenvalue weighted by Gasteiger charge is -2.35. The molecule has 0 saturated carbocycles. The van der Waals surface area contributed by atoms with E-state index in [0.29, 0.717) is 23.7 Å². The molecule has 158 valence electrons. The zero-order valence-corrected chi connectivity index (χ0v) is 17.1. The molecule has 0 fully saturated rings. The van der Waals surface area contributed by atoms with Gasteiger partial charge in [0, 0.05) is 23.5 Å². The number of pyridine rings is 1. The van der Waals surface area contributed by atoms with Crippen LogP contribution in [0.4, 0.5) is 8.78 Å². The van der Waals surface area contributed by atoms with Crippen LogP contribution in [0.3, 0.4) is 0 Å². The molecule has 0 saturated heterocycles. The summed E-state index contributed by atoms with van der Waals surface area (Å²) in [5, 5.41) is 21.3. The SMILES string of the molecule is Cc1cc(CC(C2=CC(C(F)F)=NC3NC=NN23)[C@H](C)CCNCO)c(Cl)cn1. The Balaban J connectivity index is 1.95. The van der Waals surface area contributed by atoms with E-state index in [4.69, 9.17) is 16.7 Å². The fraction of sp³-hybridized carbons (Fsp3) is 0.526. The lowest BCUT2D eigenvalue weighted by molar-refractivity contribution is 0.197. The molecule has 29 heavy (non-hydrogen) atoms. The number of aliphatic hydroxyl groups is 1. The highest BCUT2D eigenvalue weighted by molar-refractivity contribution is 6.31. The van der Waals surface area contributed by atoms with Crippen LogP contribution in [0.25, 0.3) is 0 Å². The van der Waals surface area contributed by atoms with E-state index < -0.39 is 12.7 Å². The van der Waals surface area contributed by atoms with Gasteiger partial charge in [0.25, 0.3) is 6.43 Å². The smallest absolute Gasteiger partial charge is 0.280 e. The van der Waals surface area contributed by atoms with Crippen LogP contribution in [0, 0.1) is 18.8 Å². The molecule has 2 aliphatic heterocycles. The van der Waals surface area contributed by atoms with Crippen molar-refractivity contribution < 1.29 is 13.9 Å². The molecule has 0 aliphatic carbocycles. The number of aliphatic imine (C=N–C) groups is 1. The van der Waals surface area contributed by atoms with Crippen LogP contribution in [0.15, 0.2) is 34.1 Å². The number of nitrogens with one attached hydrogen (secondary N) is 2. The average Bonchev–Trinajstić information content (AvgIpc) is 3.16. The Labute approximate surface area is 173 Å². The summed E-state index contributed by atoms with van der Waals surface area (Å²) < 4.78 is 27.0. The normalized spacial score (nSPS) is 20.2. The van der Waals surface area contributed by atoms with Crippen molar-refractivity contribution in [2.75, 3.05) is 13.3 Å². The van der Waals surface area contributed by atoms with Crippen molar-refractivity contribution in [2.24, 2.45) is 21.9 Å². The molecule has 0 radical (unpaired) electrons. The lowest BCUT2D eigenvalue weighted by Crippen LogP contribution is -2.42. The van der Waals surface area contributed by atoms with Gasteiger partial charge in [-0.1, -0.05) is 18.5 Å². The Kier molecular flexibility index (Phi) is 7.15. The summed E-state index contributed by atoms with van der Waals surface area (Å²) in [6.07, 6.45) is 2.46. The van der Waals surface area contributed by atoms with Crippen molar-refractivity contribution in [3.63, 3.8) is 0 Å². The third kappa shape index (κ3) is 5.09. The zero-order valence-electron chi connectivity index (χ0n) is 16.3. The standard InChI is InChI=1S/C19H25ClF2N6O/c1-11(3-4-23-10-29)14(6-13-5-12(2)24-8-15(13)20)17-7-16(18(21)22)27-19-25-9-26-28(17)19/h5,7-9,11,14,18-19,23,29H,3-4,6,10H2,1-2H3,(H,25,26)/t11-,14?,19?/m1/s1. The first kappa shape index (κ1) is 21.6. The van der Waals surface area contributed by atoms with E-state index >= 15 is 0 Å². The maximum Gasteiger partial charge on any atom is 0.280 e.